The first kappa shape index (κ1) is 21.1. The molecule has 0 radical (unpaired) electrons. The van der Waals surface area contributed by atoms with Gasteiger partial charge >= 0.3 is 5.97 Å². The Hall–Kier alpha value is -1.91. The maximum Gasteiger partial charge on any atom is 0.327 e. The third kappa shape index (κ3) is 8.66. The molecule has 0 bridgehead atoms. The highest BCUT2D eigenvalue weighted by atomic mass is 32.2. The van der Waals surface area contributed by atoms with Crippen LogP contribution in [-0.4, -0.2) is 63.0 Å². The Morgan fingerprint density at radius 2 is 2.12 bits per heavy atom. The predicted molar refractivity (Wildman–Crippen MR) is 95.1 cm³/mol. The molecule has 0 aliphatic carbocycles. The lowest BCUT2D eigenvalue weighted by molar-refractivity contribution is -0.140. The highest BCUT2D eigenvalue weighted by Crippen LogP contribution is 2.12. The van der Waals surface area contributed by atoms with Crippen LogP contribution in [0, 0.1) is 0 Å². The Morgan fingerprint density at radius 1 is 1.36 bits per heavy atom. The number of nitrogens with one attached hydrogen (secondary N) is 3. The van der Waals surface area contributed by atoms with Gasteiger partial charge in [-0.25, -0.2) is 9.78 Å². The summed E-state index contributed by atoms with van der Waals surface area (Å²) in [7, 11) is 0. The zero-order chi connectivity index (χ0) is 18.7. The minimum absolute atomic E-state index is 0.0301. The van der Waals surface area contributed by atoms with Crippen LogP contribution in [0.1, 0.15) is 25.5 Å². The summed E-state index contributed by atoms with van der Waals surface area (Å²) in [5.74, 6) is -1.65. The van der Waals surface area contributed by atoms with E-state index in [1.54, 1.807) is 6.20 Å². The number of nitrogens with two attached hydrogens (primary N) is 1. The summed E-state index contributed by atoms with van der Waals surface area (Å²) >= 11 is 0.893. The fourth-order valence-electron chi connectivity index (χ4n) is 2.09. The van der Waals surface area contributed by atoms with Gasteiger partial charge in [0.05, 0.1) is 12.4 Å². The van der Waals surface area contributed by atoms with E-state index < -0.39 is 24.0 Å². The summed E-state index contributed by atoms with van der Waals surface area (Å²) < 4.78 is 0. The largest absolute Gasteiger partial charge is 0.480 e. The van der Waals surface area contributed by atoms with Crippen LogP contribution in [0.5, 0.6) is 0 Å². The molecular weight excluding hydrogens is 346 g/mol. The molecule has 140 valence electrons. The lowest BCUT2D eigenvalue weighted by Gasteiger charge is -2.18. The van der Waals surface area contributed by atoms with Gasteiger partial charge in [-0.2, -0.15) is 0 Å². The zero-order valence-electron chi connectivity index (χ0n) is 14.2. The van der Waals surface area contributed by atoms with Crippen LogP contribution in [0.15, 0.2) is 12.5 Å². The van der Waals surface area contributed by atoms with E-state index in [1.807, 2.05) is 0 Å². The van der Waals surface area contributed by atoms with Crippen LogP contribution in [0.2, 0.25) is 0 Å². The quantitative estimate of drug-likeness (QED) is 0.309. The second kappa shape index (κ2) is 11.6. The molecule has 0 aliphatic heterocycles. The number of carbonyl (C=O) groups is 3. The van der Waals surface area contributed by atoms with Gasteiger partial charge in [0.25, 0.3) is 0 Å². The van der Waals surface area contributed by atoms with Crippen molar-refractivity contribution in [2.24, 2.45) is 5.73 Å². The van der Waals surface area contributed by atoms with E-state index in [2.05, 4.69) is 20.6 Å². The molecule has 10 heteroatoms. The molecular formula is C15H25N5O4S. The van der Waals surface area contributed by atoms with E-state index in [9.17, 15) is 14.4 Å². The van der Waals surface area contributed by atoms with Gasteiger partial charge in [-0.3, -0.25) is 9.59 Å². The number of amides is 1. The second-order valence-electron chi connectivity index (χ2n) is 5.50. The van der Waals surface area contributed by atoms with E-state index in [4.69, 9.17) is 10.8 Å². The number of H-pyrrole nitrogens is 1. The molecule has 0 aliphatic rings. The number of thioether (sulfide) groups is 1. The summed E-state index contributed by atoms with van der Waals surface area (Å²) in [6.07, 6.45) is 5.30. The Bertz CT molecular complexity index is 552. The summed E-state index contributed by atoms with van der Waals surface area (Å²) in [6.45, 7) is 2.46. The number of nitrogens with zero attached hydrogens (tertiary/aromatic N) is 1. The lowest BCUT2D eigenvalue weighted by Crippen LogP contribution is -2.43. The van der Waals surface area contributed by atoms with Crippen molar-refractivity contribution in [1.82, 2.24) is 20.6 Å². The SMILES string of the molecule is CC(=O)NC(CSC(=O)[C@H](Cc1cnc[nH]1)NCCCCN)C(=O)O. The molecule has 1 aromatic rings. The van der Waals surface area contributed by atoms with E-state index in [1.165, 1.54) is 13.3 Å². The minimum atomic E-state index is -1.17. The molecule has 0 aromatic carbocycles. The van der Waals surface area contributed by atoms with Gasteiger partial charge in [-0.15, -0.1) is 0 Å². The van der Waals surface area contributed by atoms with Crippen molar-refractivity contribution in [1.29, 1.82) is 0 Å². The molecule has 0 saturated heterocycles. The molecule has 1 amide bonds. The normalized spacial score (nSPS) is 13.2. The standard InChI is InChI=1S/C15H25N5O4S/c1-10(21)20-13(14(22)23)8-25-15(24)12(18-5-3-2-4-16)6-11-7-17-9-19-11/h7,9,12-13,18H,2-6,8,16H2,1H3,(H,17,19)(H,20,21)(H,22,23)/t12-,13?/m0/s1. The number of unbranched alkanes of at least 4 members (excludes halogenated alkanes) is 1. The van der Waals surface area contributed by atoms with Crippen molar-refractivity contribution in [2.45, 2.75) is 38.3 Å². The fraction of sp³-hybridized carbons (Fsp3) is 0.600. The average molecular weight is 371 g/mol. The van der Waals surface area contributed by atoms with Crippen LogP contribution in [0.4, 0.5) is 0 Å². The molecule has 1 rings (SSSR count). The molecule has 1 aromatic heterocycles. The summed E-state index contributed by atoms with van der Waals surface area (Å²) in [6, 6.07) is -1.58. The molecule has 0 saturated carbocycles. The summed E-state index contributed by atoms with van der Waals surface area (Å²) in [5.41, 5.74) is 6.27. The molecule has 2 atom stereocenters. The predicted octanol–water partition coefficient (Wildman–Crippen LogP) is -0.502. The highest BCUT2D eigenvalue weighted by molar-refractivity contribution is 8.13. The summed E-state index contributed by atoms with van der Waals surface area (Å²) in [4.78, 5) is 41.5. The summed E-state index contributed by atoms with van der Waals surface area (Å²) in [5, 5.41) is 14.4. The number of aromatic amines is 1. The molecule has 1 unspecified atom stereocenters. The Kier molecular flexibility index (Phi) is 9.81. The lowest BCUT2D eigenvalue weighted by atomic mass is 10.2. The number of aliphatic carboxylic acids is 1. The average Bonchev–Trinajstić information content (AvgIpc) is 3.06. The Morgan fingerprint density at radius 3 is 2.68 bits per heavy atom. The number of hydrogen-bond donors (Lipinski definition) is 5. The number of imidazole rings is 1. The Labute approximate surface area is 150 Å². The van der Waals surface area contributed by atoms with Crippen LogP contribution in [0.3, 0.4) is 0 Å². The molecule has 6 N–H and O–H groups in total. The van der Waals surface area contributed by atoms with Crippen molar-refractivity contribution in [3.05, 3.63) is 18.2 Å². The fourth-order valence-corrected chi connectivity index (χ4v) is 3.01. The van der Waals surface area contributed by atoms with E-state index in [0.717, 1.165) is 30.3 Å². The van der Waals surface area contributed by atoms with E-state index in [-0.39, 0.29) is 10.9 Å². The highest BCUT2D eigenvalue weighted by Gasteiger charge is 2.24. The number of carboxylic acid groups (broad SMARTS) is 1. The van der Waals surface area contributed by atoms with Gasteiger partial charge < -0.3 is 26.5 Å². The van der Waals surface area contributed by atoms with Crippen molar-refractivity contribution in [3.8, 4) is 0 Å². The number of hydrogen-bond acceptors (Lipinski definition) is 7. The van der Waals surface area contributed by atoms with E-state index >= 15 is 0 Å². The third-order valence-corrected chi connectivity index (χ3v) is 4.42. The zero-order valence-corrected chi connectivity index (χ0v) is 15.0. The number of aromatic nitrogens is 2. The van der Waals surface area contributed by atoms with Gasteiger partial charge in [0.15, 0.2) is 0 Å². The third-order valence-electron chi connectivity index (χ3n) is 3.35. The van der Waals surface area contributed by atoms with Crippen LogP contribution < -0.4 is 16.4 Å². The molecule has 25 heavy (non-hydrogen) atoms. The van der Waals surface area contributed by atoms with Gasteiger partial charge in [-0.05, 0) is 25.9 Å². The monoisotopic (exact) mass is 371 g/mol. The number of carboxylic acids is 1. The van der Waals surface area contributed by atoms with Gasteiger partial charge in [-0.1, -0.05) is 11.8 Å². The van der Waals surface area contributed by atoms with Gasteiger partial charge in [0, 0.05) is 31.0 Å². The van der Waals surface area contributed by atoms with Crippen molar-refractivity contribution < 1.29 is 19.5 Å². The van der Waals surface area contributed by atoms with Crippen molar-refractivity contribution in [3.63, 3.8) is 0 Å². The first-order valence-electron chi connectivity index (χ1n) is 8.01. The molecule has 0 spiro atoms. The molecule has 0 fully saturated rings. The van der Waals surface area contributed by atoms with Gasteiger partial charge in [0.1, 0.15) is 6.04 Å². The maximum absolute atomic E-state index is 12.5. The number of rotatable bonds is 12. The van der Waals surface area contributed by atoms with Crippen LogP contribution in [0.25, 0.3) is 0 Å². The van der Waals surface area contributed by atoms with Crippen LogP contribution in [-0.2, 0) is 20.8 Å². The second-order valence-corrected chi connectivity index (χ2v) is 6.53. The van der Waals surface area contributed by atoms with E-state index in [0.29, 0.717) is 19.5 Å². The number of carbonyl (C=O) groups excluding carboxylic acids is 2. The maximum atomic E-state index is 12.5. The smallest absolute Gasteiger partial charge is 0.327 e. The van der Waals surface area contributed by atoms with Crippen molar-refractivity contribution >= 4 is 28.8 Å². The van der Waals surface area contributed by atoms with Gasteiger partial charge in [0.2, 0.25) is 11.0 Å². The Balaban J connectivity index is 2.60. The topological polar surface area (TPSA) is 150 Å². The van der Waals surface area contributed by atoms with Crippen molar-refractivity contribution in [2.75, 3.05) is 18.8 Å². The molecule has 9 nitrogen and oxygen atoms in total. The van der Waals surface area contributed by atoms with Crippen LogP contribution >= 0.6 is 11.8 Å². The first-order valence-corrected chi connectivity index (χ1v) is 8.99. The first-order chi connectivity index (χ1) is 11.9. The molecule has 1 heterocycles. The minimum Gasteiger partial charge on any atom is -0.480 e.